The van der Waals surface area contributed by atoms with Gasteiger partial charge < -0.3 is 14.9 Å². The van der Waals surface area contributed by atoms with Crippen molar-refractivity contribution >= 4 is 0 Å². The van der Waals surface area contributed by atoms with Crippen LogP contribution in [0.1, 0.15) is 32.4 Å². The third-order valence-electron chi connectivity index (χ3n) is 3.08. The van der Waals surface area contributed by atoms with Crippen molar-refractivity contribution in [3.8, 4) is 0 Å². The average Bonchev–Trinajstić information content (AvgIpc) is 2.75. The first-order chi connectivity index (χ1) is 6.58. The second kappa shape index (κ2) is 3.11. The molecule has 14 heavy (non-hydrogen) atoms. The van der Waals surface area contributed by atoms with Gasteiger partial charge in [-0.1, -0.05) is 0 Å². The van der Waals surface area contributed by atoms with Crippen molar-refractivity contribution in [2.45, 2.75) is 37.9 Å². The molecule has 0 saturated carbocycles. The predicted octanol–water partition coefficient (Wildman–Crippen LogP) is 2.02. The highest BCUT2D eigenvalue weighted by molar-refractivity contribution is 5.12. The fourth-order valence-electron chi connectivity index (χ4n) is 2.05. The van der Waals surface area contributed by atoms with E-state index in [1.165, 1.54) is 0 Å². The highest BCUT2D eigenvalue weighted by atomic mass is 16.5. The van der Waals surface area contributed by atoms with Crippen LogP contribution in [0.25, 0.3) is 0 Å². The normalized spacial score (nSPS) is 37.6. The van der Waals surface area contributed by atoms with Gasteiger partial charge in [0.25, 0.3) is 0 Å². The lowest BCUT2D eigenvalue weighted by Gasteiger charge is -2.27. The minimum atomic E-state index is -0.294. The van der Waals surface area contributed by atoms with Gasteiger partial charge in [0.15, 0.2) is 0 Å². The molecule has 1 aliphatic rings. The Balaban J connectivity index is 2.21. The Morgan fingerprint density at radius 1 is 1.43 bits per heavy atom. The average molecular weight is 195 g/mol. The maximum absolute atomic E-state index is 6.01. The summed E-state index contributed by atoms with van der Waals surface area (Å²) in [6.45, 7) is 4.68. The smallest absolute Gasteiger partial charge is 0.135 e. The first-order valence-corrected chi connectivity index (χ1v) is 5.02. The van der Waals surface area contributed by atoms with Crippen molar-refractivity contribution in [2.75, 3.05) is 6.54 Å². The quantitative estimate of drug-likeness (QED) is 0.785. The number of furan rings is 1. The first-order valence-electron chi connectivity index (χ1n) is 5.02. The Kier molecular flexibility index (Phi) is 2.16. The fraction of sp³-hybridized carbons (Fsp3) is 0.636. The molecule has 3 heteroatoms. The van der Waals surface area contributed by atoms with Crippen LogP contribution in [-0.4, -0.2) is 12.1 Å². The van der Waals surface area contributed by atoms with Gasteiger partial charge in [0, 0.05) is 6.54 Å². The van der Waals surface area contributed by atoms with E-state index in [1.807, 2.05) is 12.1 Å². The maximum atomic E-state index is 6.01. The third kappa shape index (κ3) is 1.47. The minimum Gasteiger partial charge on any atom is -0.466 e. The van der Waals surface area contributed by atoms with E-state index in [4.69, 9.17) is 14.9 Å². The van der Waals surface area contributed by atoms with Crippen LogP contribution >= 0.6 is 0 Å². The molecule has 2 atom stereocenters. The molecule has 0 aromatic carbocycles. The Morgan fingerprint density at radius 3 is 2.71 bits per heavy atom. The van der Waals surface area contributed by atoms with Gasteiger partial charge >= 0.3 is 0 Å². The Labute approximate surface area is 84.2 Å². The van der Waals surface area contributed by atoms with Gasteiger partial charge in [0.1, 0.15) is 11.4 Å². The molecule has 0 amide bonds. The largest absolute Gasteiger partial charge is 0.466 e. The maximum Gasteiger partial charge on any atom is 0.135 e. The highest BCUT2D eigenvalue weighted by Gasteiger charge is 2.45. The van der Waals surface area contributed by atoms with Crippen LogP contribution in [0, 0.1) is 0 Å². The van der Waals surface area contributed by atoms with Gasteiger partial charge in [-0.3, -0.25) is 0 Å². The van der Waals surface area contributed by atoms with Crippen LogP contribution in [0.2, 0.25) is 0 Å². The molecule has 2 N–H and O–H groups in total. The van der Waals surface area contributed by atoms with Crippen molar-refractivity contribution in [3.05, 3.63) is 24.2 Å². The standard InChI is InChI=1S/C11H17NO2/c1-10(8-12)5-6-11(2,14-10)9-4-3-7-13-9/h3-4,7H,5-6,8,12H2,1-2H3. The predicted molar refractivity (Wildman–Crippen MR) is 53.8 cm³/mol. The number of ether oxygens (including phenoxy) is 1. The van der Waals surface area contributed by atoms with E-state index in [1.54, 1.807) is 6.26 Å². The molecule has 0 radical (unpaired) electrons. The molecule has 1 saturated heterocycles. The zero-order valence-electron chi connectivity index (χ0n) is 8.75. The number of rotatable bonds is 2. The summed E-state index contributed by atoms with van der Waals surface area (Å²) < 4.78 is 11.4. The summed E-state index contributed by atoms with van der Waals surface area (Å²) in [5.41, 5.74) is 5.20. The van der Waals surface area contributed by atoms with Crippen LogP contribution in [0.5, 0.6) is 0 Å². The van der Waals surface area contributed by atoms with Gasteiger partial charge in [-0.25, -0.2) is 0 Å². The molecule has 0 bridgehead atoms. The third-order valence-corrected chi connectivity index (χ3v) is 3.08. The minimum absolute atomic E-state index is 0.193. The molecule has 0 spiro atoms. The summed E-state index contributed by atoms with van der Waals surface area (Å²) in [5.74, 6) is 0.898. The van der Waals surface area contributed by atoms with E-state index < -0.39 is 0 Å². The molecule has 2 unspecified atom stereocenters. The van der Waals surface area contributed by atoms with E-state index in [-0.39, 0.29) is 11.2 Å². The second-order valence-corrected chi connectivity index (χ2v) is 4.46. The highest BCUT2D eigenvalue weighted by Crippen LogP contribution is 2.43. The molecular formula is C11H17NO2. The molecule has 1 aromatic rings. The molecule has 2 rings (SSSR count). The number of hydrogen-bond donors (Lipinski definition) is 1. The molecule has 1 aromatic heterocycles. The number of nitrogens with two attached hydrogens (primary N) is 1. The van der Waals surface area contributed by atoms with E-state index in [2.05, 4.69) is 13.8 Å². The summed E-state index contributed by atoms with van der Waals surface area (Å²) in [6.07, 6.45) is 3.64. The van der Waals surface area contributed by atoms with Crippen LogP contribution in [0.3, 0.4) is 0 Å². The van der Waals surface area contributed by atoms with E-state index in [0.29, 0.717) is 6.54 Å². The van der Waals surface area contributed by atoms with Gasteiger partial charge in [0.2, 0.25) is 0 Å². The topological polar surface area (TPSA) is 48.4 Å². The van der Waals surface area contributed by atoms with Gasteiger partial charge in [-0.2, -0.15) is 0 Å². The summed E-state index contributed by atoms with van der Waals surface area (Å²) in [7, 11) is 0. The monoisotopic (exact) mass is 195 g/mol. The molecule has 1 fully saturated rings. The lowest BCUT2D eigenvalue weighted by atomic mass is 9.96. The van der Waals surface area contributed by atoms with Crippen LogP contribution in [0.4, 0.5) is 0 Å². The summed E-state index contributed by atoms with van der Waals surface area (Å²) in [5, 5.41) is 0. The Bertz CT molecular complexity index is 309. The second-order valence-electron chi connectivity index (χ2n) is 4.46. The van der Waals surface area contributed by atoms with E-state index >= 15 is 0 Å². The van der Waals surface area contributed by atoms with E-state index in [0.717, 1.165) is 18.6 Å². The van der Waals surface area contributed by atoms with Crippen molar-refractivity contribution in [1.29, 1.82) is 0 Å². The molecular weight excluding hydrogens is 178 g/mol. The lowest BCUT2D eigenvalue weighted by molar-refractivity contribution is -0.0940. The fourth-order valence-corrected chi connectivity index (χ4v) is 2.05. The zero-order valence-corrected chi connectivity index (χ0v) is 8.75. The summed E-state index contributed by atoms with van der Waals surface area (Å²) in [6, 6.07) is 3.85. The summed E-state index contributed by atoms with van der Waals surface area (Å²) >= 11 is 0. The van der Waals surface area contributed by atoms with Crippen molar-refractivity contribution in [1.82, 2.24) is 0 Å². The van der Waals surface area contributed by atoms with Gasteiger partial charge in [-0.15, -0.1) is 0 Å². The van der Waals surface area contributed by atoms with Crippen LogP contribution in [-0.2, 0) is 10.3 Å². The molecule has 1 aliphatic heterocycles. The van der Waals surface area contributed by atoms with Crippen LogP contribution in [0.15, 0.2) is 22.8 Å². The molecule has 2 heterocycles. The molecule has 3 nitrogen and oxygen atoms in total. The SMILES string of the molecule is CC1(CN)CCC(C)(c2ccco2)O1. The van der Waals surface area contributed by atoms with Crippen molar-refractivity contribution in [3.63, 3.8) is 0 Å². The van der Waals surface area contributed by atoms with E-state index in [9.17, 15) is 0 Å². The first kappa shape index (κ1) is 9.74. The Morgan fingerprint density at radius 2 is 2.21 bits per heavy atom. The van der Waals surface area contributed by atoms with Gasteiger partial charge in [0.05, 0.1) is 11.9 Å². The lowest BCUT2D eigenvalue weighted by Crippen LogP contribution is -2.36. The zero-order chi connectivity index (χ0) is 10.2. The van der Waals surface area contributed by atoms with Crippen molar-refractivity contribution < 1.29 is 9.15 Å². The molecule has 78 valence electrons. The van der Waals surface area contributed by atoms with Crippen molar-refractivity contribution in [2.24, 2.45) is 5.73 Å². The molecule has 0 aliphatic carbocycles. The summed E-state index contributed by atoms with van der Waals surface area (Å²) in [4.78, 5) is 0. The van der Waals surface area contributed by atoms with Crippen LogP contribution < -0.4 is 5.73 Å². The van der Waals surface area contributed by atoms with Gasteiger partial charge in [-0.05, 0) is 38.8 Å². The number of hydrogen-bond acceptors (Lipinski definition) is 3. The Hall–Kier alpha value is -0.800.